The summed E-state index contributed by atoms with van der Waals surface area (Å²) in [5, 5.41) is 11.9. The number of aliphatic hydroxyl groups is 1. The third-order valence-electron chi connectivity index (χ3n) is 7.86. The number of carbonyl (C=O) groups excluding carboxylic acids is 1. The first-order valence-electron chi connectivity index (χ1n) is 14.1. The Morgan fingerprint density at radius 3 is 1.96 bits per heavy atom. The van der Waals surface area contributed by atoms with Gasteiger partial charge in [0.2, 0.25) is 18.2 Å². The number of benzene rings is 4. The fraction of sp³-hybridized carbons (Fsp3) is 0.265. The highest BCUT2D eigenvalue weighted by molar-refractivity contribution is 8.17. The Kier molecular flexibility index (Phi) is 8.76. The fourth-order valence-corrected chi connectivity index (χ4v) is 8.93. The lowest BCUT2D eigenvalue weighted by Crippen LogP contribution is -2.49. The maximum atomic E-state index is 18.0. The van der Waals surface area contributed by atoms with Gasteiger partial charge in [-0.15, -0.1) is 23.5 Å². The van der Waals surface area contributed by atoms with Gasteiger partial charge in [0.05, 0.1) is 27.2 Å². The average Bonchev–Trinajstić information content (AvgIpc) is 3.68. The molecule has 0 aliphatic carbocycles. The summed E-state index contributed by atoms with van der Waals surface area (Å²) in [5.74, 6) is -0.649. The van der Waals surface area contributed by atoms with Crippen molar-refractivity contribution in [1.82, 2.24) is 0 Å². The number of rotatable bonds is 11. The van der Waals surface area contributed by atoms with Crippen LogP contribution in [-0.4, -0.2) is 51.5 Å². The zero-order valence-corrected chi connectivity index (χ0v) is 26.4. The summed E-state index contributed by atoms with van der Waals surface area (Å²) in [7, 11) is 4.28. The number of ether oxygens (including phenoxy) is 6. The van der Waals surface area contributed by atoms with E-state index in [-0.39, 0.29) is 36.2 Å². The van der Waals surface area contributed by atoms with Crippen LogP contribution in [0.15, 0.2) is 101 Å². The van der Waals surface area contributed by atoms with Gasteiger partial charge in [-0.25, -0.2) is 9.18 Å². The van der Waals surface area contributed by atoms with Crippen molar-refractivity contribution in [3.8, 4) is 28.7 Å². The number of fused-ring (bicyclic) bond motifs is 1. The number of hydrogen-bond donors (Lipinski definition) is 1. The van der Waals surface area contributed by atoms with Crippen LogP contribution in [0.1, 0.15) is 17.2 Å². The molecule has 2 heterocycles. The minimum Gasteiger partial charge on any atom is -0.493 e. The van der Waals surface area contributed by atoms with E-state index in [0.717, 1.165) is 9.79 Å². The number of thioether (sulfide) groups is 2. The van der Waals surface area contributed by atoms with Gasteiger partial charge in [0.25, 0.3) is 0 Å². The highest BCUT2D eigenvalue weighted by atomic mass is 32.2. The van der Waals surface area contributed by atoms with Gasteiger partial charge in [-0.2, -0.15) is 0 Å². The molecule has 0 bridgehead atoms. The summed E-state index contributed by atoms with van der Waals surface area (Å²) in [6.07, 6.45) is -1.97. The van der Waals surface area contributed by atoms with E-state index in [1.54, 1.807) is 6.07 Å². The average molecular weight is 651 g/mol. The Morgan fingerprint density at radius 1 is 0.822 bits per heavy atom. The van der Waals surface area contributed by atoms with Crippen LogP contribution in [0.25, 0.3) is 0 Å². The SMILES string of the molecule is COc1cc([C@H](O)[C@@]2(F)C(=O)OC[C@@H]2C(Sc2ccccc2)(Sc2ccccc2)c2ccc3c(c2)OCO3)cc(OC)c1OC. The van der Waals surface area contributed by atoms with E-state index in [4.69, 9.17) is 28.4 Å². The summed E-state index contributed by atoms with van der Waals surface area (Å²) in [4.78, 5) is 15.3. The molecule has 0 spiro atoms. The molecule has 0 radical (unpaired) electrons. The van der Waals surface area contributed by atoms with Gasteiger partial charge in [-0.1, -0.05) is 42.5 Å². The zero-order chi connectivity index (χ0) is 31.6. The van der Waals surface area contributed by atoms with Gasteiger partial charge in [0, 0.05) is 9.79 Å². The van der Waals surface area contributed by atoms with Crippen molar-refractivity contribution in [3.05, 3.63) is 102 Å². The molecule has 6 rings (SSSR count). The summed E-state index contributed by atoms with van der Waals surface area (Å²) in [6.45, 7) is -0.244. The highest BCUT2D eigenvalue weighted by Gasteiger charge is 2.67. The number of cyclic esters (lactones) is 1. The first-order chi connectivity index (χ1) is 21.8. The molecule has 1 fully saturated rings. The molecule has 4 aromatic carbocycles. The minimum atomic E-state index is -2.91. The van der Waals surface area contributed by atoms with Crippen LogP contribution in [0.2, 0.25) is 0 Å². The summed E-state index contributed by atoms with van der Waals surface area (Å²) < 4.78 is 50.0. The molecule has 2 aliphatic heterocycles. The monoisotopic (exact) mass is 650 g/mol. The van der Waals surface area contributed by atoms with Crippen molar-refractivity contribution in [2.24, 2.45) is 5.92 Å². The standard InChI is InChI=1S/C34H31FO8S2/c1-38-27-16-21(17-28(39-2)30(27)40-3)31(36)33(35)29(19-41-32(33)37)34(44-23-10-6-4-7-11-23,45-24-12-8-5-9-13-24)22-14-15-25-26(18-22)43-20-42-25/h4-18,29,31,36H,19-20H2,1-3H3/t29-,31-,33+/m0/s1. The molecule has 4 aromatic rings. The quantitative estimate of drug-likeness (QED) is 0.106. The molecule has 45 heavy (non-hydrogen) atoms. The van der Waals surface area contributed by atoms with E-state index in [9.17, 15) is 9.90 Å². The number of halogens is 1. The number of carbonyl (C=O) groups is 1. The van der Waals surface area contributed by atoms with E-state index in [1.165, 1.54) is 57.0 Å². The molecule has 0 unspecified atom stereocenters. The van der Waals surface area contributed by atoms with Crippen molar-refractivity contribution in [1.29, 1.82) is 0 Å². The van der Waals surface area contributed by atoms with E-state index < -0.39 is 27.7 Å². The molecule has 234 valence electrons. The van der Waals surface area contributed by atoms with E-state index in [2.05, 4.69) is 0 Å². The lowest BCUT2D eigenvalue weighted by molar-refractivity contribution is -0.156. The summed E-state index contributed by atoms with van der Waals surface area (Å²) in [5.41, 5.74) is -2.20. The van der Waals surface area contributed by atoms with Crippen LogP contribution in [-0.2, 0) is 13.6 Å². The Balaban J connectivity index is 1.57. The second-order valence-electron chi connectivity index (χ2n) is 10.3. The molecule has 2 aliphatic rings. The van der Waals surface area contributed by atoms with Gasteiger partial charge in [0.15, 0.2) is 23.0 Å². The Morgan fingerprint density at radius 2 is 1.40 bits per heavy atom. The lowest BCUT2D eigenvalue weighted by atomic mass is 9.79. The Hall–Kier alpha value is -4.06. The van der Waals surface area contributed by atoms with Crippen LogP contribution in [0.5, 0.6) is 28.7 Å². The second-order valence-corrected chi connectivity index (χ2v) is 13.2. The zero-order valence-electron chi connectivity index (χ0n) is 24.7. The van der Waals surface area contributed by atoms with Crippen molar-refractivity contribution < 1.29 is 42.7 Å². The van der Waals surface area contributed by atoms with Gasteiger partial charge >= 0.3 is 5.97 Å². The van der Waals surface area contributed by atoms with E-state index in [1.807, 2.05) is 72.8 Å². The topological polar surface area (TPSA) is 92.7 Å². The molecule has 0 aromatic heterocycles. The number of hydrogen-bond acceptors (Lipinski definition) is 10. The van der Waals surface area contributed by atoms with Crippen LogP contribution in [0, 0.1) is 5.92 Å². The maximum absolute atomic E-state index is 18.0. The molecular formula is C34H31FO8S2. The lowest BCUT2D eigenvalue weighted by Gasteiger charge is -2.42. The number of alkyl halides is 1. The number of aliphatic hydroxyl groups excluding tert-OH is 1. The van der Waals surface area contributed by atoms with Crippen molar-refractivity contribution in [3.63, 3.8) is 0 Å². The summed E-state index contributed by atoms with van der Waals surface area (Å²) >= 11 is 2.76. The number of esters is 1. The smallest absolute Gasteiger partial charge is 0.347 e. The minimum absolute atomic E-state index is 0.0569. The molecule has 3 atom stereocenters. The Labute approximate surface area is 268 Å². The van der Waals surface area contributed by atoms with Crippen LogP contribution < -0.4 is 23.7 Å². The van der Waals surface area contributed by atoms with E-state index >= 15 is 4.39 Å². The van der Waals surface area contributed by atoms with Gasteiger partial charge in [-0.05, 0) is 59.7 Å². The molecule has 1 N–H and O–H groups in total. The van der Waals surface area contributed by atoms with Crippen molar-refractivity contribution in [2.45, 2.75) is 25.6 Å². The number of methoxy groups -OCH3 is 3. The van der Waals surface area contributed by atoms with Crippen LogP contribution >= 0.6 is 23.5 Å². The highest BCUT2D eigenvalue weighted by Crippen LogP contribution is 2.64. The fourth-order valence-electron chi connectivity index (χ4n) is 5.65. The van der Waals surface area contributed by atoms with Gasteiger partial charge < -0.3 is 33.5 Å². The van der Waals surface area contributed by atoms with Crippen molar-refractivity contribution in [2.75, 3.05) is 34.7 Å². The molecule has 1 saturated heterocycles. The third kappa shape index (κ3) is 5.53. The predicted octanol–water partition coefficient (Wildman–Crippen LogP) is 6.79. The Bertz CT molecular complexity index is 1610. The molecule has 11 heteroatoms. The van der Waals surface area contributed by atoms with Gasteiger partial charge in [0.1, 0.15) is 16.8 Å². The second kappa shape index (κ2) is 12.7. The molecule has 8 nitrogen and oxygen atoms in total. The predicted molar refractivity (Wildman–Crippen MR) is 168 cm³/mol. The maximum Gasteiger partial charge on any atom is 0.347 e. The normalized spacial score (nSPS) is 19.6. The largest absolute Gasteiger partial charge is 0.493 e. The van der Waals surface area contributed by atoms with Gasteiger partial charge in [-0.3, -0.25) is 0 Å². The summed E-state index contributed by atoms with van der Waals surface area (Å²) in [6, 6.07) is 27.3. The first-order valence-corrected chi connectivity index (χ1v) is 15.7. The molecule has 0 saturated carbocycles. The van der Waals surface area contributed by atoms with Crippen LogP contribution in [0.4, 0.5) is 4.39 Å². The van der Waals surface area contributed by atoms with Crippen LogP contribution in [0.3, 0.4) is 0 Å². The van der Waals surface area contributed by atoms with Crippen molar-refractivity contribution >= 4 is 29.5 Å². The molecule has 0 amide bonds. The first kappa shape index (κ1) is 30.9. The molecular weight excluding hydrogens is 619 g/mol. The third-order valence-corrected chi connectivity index (χ3v) is 11.0. The van der Waals surface area contributed by atoms with E-state index in [0.29, 0.717) is 17.1 Å².